The number of nitrogens with zero attached hydrogens (tertiary/aromatic N) is 1. The standard InChI is InChI=1S/C12H10BrNO2S/c13-11-9(6-7-10(15)16)17-12(14-11)8-4-2-1-3-5-8/h1-5H,6-7H2,(H,15,16). The van der Waals surface area contributed by atoms with E-state index in [9.17, 15) is 4.79 Å². The van der Waals surface area contributed by atoms with E-state index >= 15 is 0 Å². The second kappa shape index (κ2) is 5.42. The van der Waals surface area contributed by atoms with Gasteiger partial charge in [0.1, 0.15) is 9.61 Å². The largest absolute Gasteiger partial charge is 0.481 e. The molecule has 0 aliphatic carbocycles. The molecule has 0 aliphatic rings. The maximum absolute atomic E-state index is 10.5. The van der Waals surface area contributed by atoms with Crippen molar-refractivity contribution < 1.29 is 9.90 Å². The Morgan fingerprint density at radius 2 is 2.06 bits per heavy atom. The van der Waals surface area contributed by atoms with Crippen molar-refractivity contribution in [3.05, 3.63) is 39.8 Å². The minimum atomic E-state index is -0.786. The number of aromatic nitrogens is 1. The zero-order valence-corrected chi connectivity index (χ0v) is 11.3. The van der Waals surface area contributed by atoms with E-state index in [2.05, 4.69) is 20.9 Å². The van der Waals surface area contributed by atoms with Crippen LogP contribution in [0.1, 0.15) is 11.3 Å². The second-order valence-corrected chi connectivity index (χ2v) is 5.33. The Labute approximate surface area is 111 Å². The van der Waals surface area contributed by atoms with E-state index in [0.717, 1.165) is 20.1 Å². The molecule has 1 N–H and O–H groups in total. The first-order valence-corrected chi connectivity index (χ1v) is 6.70. The van der Waals surface area contributed by atoms with E-state index in [-0.39, 0.29) is 6.42 Å². The number of carboxylic acid groups (broad SMARTS) is 1. The average Bonchev–Trinajstić information content (AvgIpc) is 2.69. The van der Waals surface area contributed by atoms with Gasteiger partial charge in [-0.15, -0.1) is 11.3 Å². The molecule has 0 radical (unpaired) electrons. The molecule has 1 heterocycles. The lowest BCUT2D eigenvalue weighted by molar-refractivity contribution is -0.136. The van der Waals surface area contributed by atoms with Gasteiger partial charge in [0.25, 0.3) is 0 Å². The van der Waals surface area contributed by atoms with Crippen LogP contribution in [0, 0.1) is 0 Å². The Bertz CT molecular complexity index is 525. The summed E-state index contributed by atoms with van der Waals surface area (Å²) < 4.78 is 0.752. The number of benzene rings is 1. The van der Waals surface area contributed by atoms with Gasteiger partial charge in [-0.05, 0) is 22.4 Å². The number of aliphatic carboxylic acids is 1. The lowest BCUT2D eigenvalue weighted by Crippen LogP contribution is -1.96. The number of carboxylic acids is 1. The van der Waals surface area contributed by atoms with E-state index in [1.165, 1.54) is 11.3 Å². The highest BCUT2D eigenvalue weighted by Gasteiger charge is 2.11. The van der Waals surface area contributed by atoms with E-state index in [0.29, 0.717) is 6.42 Å². The third-order valence-electron chi connectivity index (χ3n) is 2.24. The van der Waals surface area contributed by atoms with Crippen LogP contribution in [-0.4, -0.2) is 16.1 Å². The number of rotatable bonds is 4. The summed E-state index contributed by atoms with van der Waals surface area (Å²) in [6.07, 6.45) is 0.648. The number of hydrogen-bond donors (Lipinski definition) is 1. The summed E-state index contributed by atoms with van der Waals surface area (Å²) in [5.41, 5.74) is 1.06. The van der Waals surface area contributed by atoms with Crippen LogP contribution >= 0.6 is 27.3 Å². The van der Waals surface area contributed by atoms with Gasteiger partial charge in [-0.2, -0.15) is 0 Å². The van der Waals surface area contributed by atoms with Crippen LogP contribution in [0.15, 0.2) is 34.9 Å². The SMILES string of the molecule is O=C(O)CCc1sc(-c2ccccc2)nc1Br. The average molecular weight is 312 g/mol. The van der Waals surface area contributed by atoms with Gasteiger partial charge in [0.15, 0.2) is 0 Å². The second-order valence-electron chi connectivity index (χ2n) is 3.49. The molecule has 0 atom stereocenters. The molecule has 0 aliphatic heterocycles. The van der Waals surface area contributed by atoms with Gasteiger partial charge >= 0.3 is 5.97 Å². The van der Waals surface area contributed by atoms with Crippen LogP contribution in [0.3, 0.4) is 0 Å². The molecule has 0 fully saturated rings. The van der Waals surface area contributed by atoms with Crippen LogP contribution in [0.25, 0.3) is 10.6 Å². The van der Waals surface area contributed by atoms with Gasteiger partial charge in [0.05, 0.1) is 6.42 Å². The monoisotopic (exact) mass is 311 g/mol. The fourth-order valence-electron chi connectivity index (χ4n) is 1.41. The van der Waals surface area contributed by atoms with Gasteiger partial charge in [-0.3, -0.25) is 4.79 Å². The van der Waals surface area contributed by atoms with Crippen molar-refractivity contribution in [3.63, 3.8) is 0 Å². The fourth-order valence-corrected chi connectivity index (χ4v) is 3.11. The summed E-state index contributed by atoms with van der Waals surface area (Å²) in [4.78, 5) is 15.9. The van der Waals surface area contributed by atoms with Crippen molar-refractivity contribution in [1.29, 1.82) is 0 Å². The van der Waals surface area contributed by atoms with E-state index in [1.807, 2.05) is 30.3 Å². The van der Waals surface area contributed by atoms with Crippen molar-refractivity contribution in [2.75, 3.05) is 0 Å². The normalized spacial score (nSPS) is 10.4. The summed E-state index contributed by atoms with van der Waals surface area (Å²) in [6, 6.07) is 9.86. The number of halogens is 1. The highest BCUT2D eigenvalue weighted by molar-refractivity contribution is 9.10. The number of hydrogen-bond acceptors (Lipinski definition) is 3. The molecule has 17 heavy (non-hydrogen) atoms. The van der Waals surface area contributed by atoms with Gasteiger partial charge in [-0.25, -0.2) is 4.98 Å². The molecule has 0 bridgehead atoms. The maximum atomic E-state index is 10.5. The van der Waals surface area contributed by atoms with Crippen LogP contribution in [0.2, 0.25) is 0 Å². The third-order valence-corrected chi connectivity index (χ3v) is 4.32. The Morgan fingerprint density at radius 1 is 1.35 bits per heavy atom. The molecule has 5 heteroatoms. The molecule has 0 unspecified atom stereocenters. The molecule has 88 valence electrons. The lowest BCUT2D eigenvalue weighted by Gasteiger charge is -1.93. The van der Waals surface area contributed by atoms with Gasteiger partial charge < -0.3 is 5.11 Å². The predicted octanol–water partition coefficient (Wildman–Crippen LogP) is 3.59. The Balaban J connectivity index is 2.22. The number of thiazole rings is 1. The summed E-state index contributed by atoms with van der Waals surface area (Å²) in [6.45, 7) is 0. The first kappa shape index (κ1) is 12.3. The molecule has 3 nitrogen and oxygen atoms in total. The Kier molecular flexibility index (Phi) is 3.91. The maximum Gasteiger partial charge on any atom is 0.303 e. The van der Waals surface area contributed by atoms with Crippen LogP contribution in [-0.2, 0) is 11.2 Å². The molecular formula is C12H10BrNO2S. The minimum Gasteiger partial charge on any atom is -0.481 e. The molecule has 1 aromatic heterocycles. The number of aryl methyl sites for hydroxylation is 1. The lowest BCUT2D eigenvalue weighted by atomic mass is 10.2. The topological polar surface area (TPSA) is 50.2 Å². The van der Waals surface area contributed by atoms with E-state index in [4.69, 9.17) is 5.11 Å². The highest BCUT2D eigenvalue weighted by Crippen LogP contribution is 2.31. The molecule has 0 saturated carbocycles. The highest BCUT2D eigenvalue weighted by atomic mass is 79.9. The minimum absolute atomic E-state index is 0.134. The van der Waals surface area contributed by atoms with Crippen LogP contribution in [0.5, 0.6) is 0 Å². The molecule has 0 saturated heterocycles. The molecular weight excluding hydrogens is 302 g/mol. The van der Waals surface area contributed by atoms with Gasteiger partial charge in [0.2, 0.25) is 0 Å². The van der Waals surface area contributed by atoms with Crippen molar-refractivity contribution >= 4 is 33.2 Å². The zero-order valence-electron chi connectivity index (χ0n) is 8.89. The molecule has 0 amide bonds. The first-order valence-electron chi connectivity index (χ1n) is 5.09. The fraction of sp³-hybridized carbons (Fsp3) is 0.167. The Morgan fingerprint density at radius 3 is 2.71 bits per heavy atom. The summed E-state index contributed by atoms with van der Waals surface area (Å²) in [5.74, 6) is -0.786. The van der Waals surface area contributed by atoms with Crippen LogP contribution < -0.4 is 0 Å². The first-order chi connectivity index (χ1) is 8.16. The quantitative estimate of drug-likeness (QED) is 0.938. The van der Waals surface area contributed by atoms with E-state index in [1.54, 1.807) is 0 Å². The van der Waals surface area contributed by atoms with Crippen LogP contribution in [0.4, 0.5) is 0 Å². The molecule has 2 aromatic rings. The van der Waals surface area contributed by atoms with Gasteiger partial charge in [-0.1, -0.05) is 30.3 Å². The van der Waals surface area contributed by atoms with Gasteiger partial charge in [0, 0.05) is 10.4 Å². The zero-order chi connectivity index (χ0) is 12.3. The van der Waals surface area contributed by atoms with E-state index < -0.39 is 5.97 Å². The molecule has 1 aromatic carbocycles. The van der Waals surface area contributed by atoms with Crippen molar-refractivity contribution in [2.45, 2.75) is 12.8 Å². The smallest absolute Gasteiger partial charge is 0.303 e. The Hall–Kier alpha value is -1.20. The third kappa shape index (κ3) is 3.14. The predicted molar refractivity (Wildman–Crippen MR) is 71.2 cm³/mol. The number of carbonyl (C=O) groups is 1. The molecule has 2 rings (SSSR count). The summed E-state index contributed by atoms with van der Waals surface area (Å²) in [7, 11) is 0. The molecule has 0 spiro atoms. The summed E-state index contributed by atoms with van der Waals surface area (Å²) >= 11 is 4.90. The van der Waals surface area contributed by atoms with Crippen molar-refractivity contribution in [2.24, 2.45) is 0 Å². The summed E-state index contributed by atoms with van der Waals surface area (Å²) in [5, 5.41) is 9.57. The van der Waals surface area contributed by atoms with Crippen molar-refractivity contribution in [1.82, 2.24) is 4.98 Å². The van der Waals surface area contributed by atoms with Crippen molar-refractivity contribution in [3.8, 4) is 10.6 Å².